The number of hydrogen-bond donors (Lipinski definition) is 2. The normalized spacial score (nSPS) is 29.4. The van der Waals surface area contributed by atoms with Gasteiger partial charge in [0.1, 0.15) is 0 Å². The largest absolute Gasteiger partial charge is 0.481 e. The van der Waals surface area contributed by atoms with Crippen molar-refractivity contribution in [2.24, 2.45) is 11.3 Å². The lowest BCUT2D eigenvalue weighted by molar-refractivity contribution is -0.156. The number of aliphatic carboxylic acids is 1. The highest BCUT2D eigenvalue weighted by Gasteiger charge is 2.44. The summed E-state index contributed by atoms with van der Waals surface area (Å²) in [6.07, 6.45) is 5.01. The predicted molar refractivity (Wildman–Crippen MR) is 74.1 cm³/mol. The van der Waals surface area contributed by atoms with Crippen molar-refractivity contribution in [1.29, 1.82) is 0 Å². The Kier molecular flexibility index (Phi) is 4.68. The van der Waals surface area contributed by atoms with Gasteiger partial charge in [0.25, 0.3) is 0 Å². The highest BCUT2D eigenvalue weighted by Crippen LogP contribution is 2.40. The first-order chi connectivity index (χ1) is 9.50. The molecule has 2 aliphatic rings. The van der Waals surface area contributed by atoms with Gasteiger partial charge in [0.15, 0.2) is 0 Å². The second-order valence-corrected chi connectivity index (χ2v) is 6.43. The number of likely N-dealkylation sites (tertiary alicyclic amines) is 1. The second-order valence-electron chi connectivity index (χ2n) is 6.43. The molecule has 0 aromatic rings. The Morgan fingerprint density at radius 3 is 2.45 bits per heavy atom. The number of aliphatic hydroxyl groups is 1. The number of nitrogens with zero attached hydrogens (tertiary/aromatic N) is 1. The lowest BCUT2D eigenvalue weighted by Gasteiger charge is -2.35. The van der Waals surface area contributed by atoms with E-state index in [0.717, 1.165) is 25.7 Å². The summed E-state index contributed by atoms with van der Waals surface area (Å²) < 4.78 is 0. The van der Waals surface area contributed by atoms with Crippen molar-refractivity contribution in [3.8, 4) is 0 Å². The minimum absolute atomic E-state index is 0.0347. The van der Waals surface area contributed by atoms with Gasteiger partial charge >= 0.3 is 5.97 Å². The van der Waals surface area contributed by atoms with Gasteiger partial charge in [-0.25, -0.2) is 0 Å². The monoisotopic (exact) mass is 283 g/mol. The number of rotatable bonds is 4. The number of carbonyl (C=O) groups excluding carboxylic acids is 1. The van der Waals surface area contributed by atoms with E-state index in [1.807, 2.05) is 6.92 Å². The number of aliphatic hydroxyl groups excluding tert-OH is 1. The van der Waals surface area contributed by atoms with E-state index >= 15 is 0 Å². The van der Waals surface area contributed by atoms with Crippen LogP contribution in [0.1, 0.15) is 51.9 Å². The van der Waals surface area contributed by atoms with E-state index in [0.29, 0.717) is 19.4 Å². The summed E-state index contributed by atoms with van der Waals surface area (Å²) in [4.78, 5) is 25.8. The maximum atomic E-state index is 12.5. The van der Waals surface area contributed by atoms with E-state index < -0.39 is 11.4 Å². The molecule has 114 valence electrons. The van der Waals surface area contributed by atoms with Gasteiger partial charge in [0.05, 0.1) is 18.1 Å². The highest BCUT2D eigenvalue weighted by atomic mass is 16.4. The van der Waals surface area contributed by atoms with Gasteiger partial charge in [-0.3, -0.25) is 9.59 Å². The van der Waals surface area contributed by atoms with Crippen LogP contribution in [0.4, 0.5) is 0 Å². The molecule has 1 aliphatic carbocycles. The molecule has 1 saturated carbocycles. The average Bonchev–Trinajstić information content (AvgIpc) is 2.80. The molecule has 2 N–H and O–H groups in total. The summed E-state index contributed by atoms with van der Waals surface area (Å²) in [7, 11) is 0. The molecule has 1 heterocycles. The van der Waals surface area contributed by atoms with E-state index in [9.17, 15) is 19.8 Å². The standard InChI is InChI=1S/C15H25NO4/c1-11-5-8-16(12(11)10-17)13(18)9-15(14(19)20)6-3-2-4-7-15/h11-12,17H,2-10H2,1H3,(H,19,20). The van der Waals surface area contributed by atoms with Gasteiger partial charge in [0, 0.05) is 13.0 Å². The van der Waals surface area contributed by atoms with Crippen molar-refractivity contribution in [3.05, 3.63) is 0 Å². The fourth-order valence-electron chi connectivity index (χ4n) is 3.68. The Balaban J connectivity index is 2.07. The molecule has 1 saturated heterocycles. The average molecular weight is 283 g/mol. The molecule has 0 aromatic heterocycles. The Hall–Kier alpha value is -1.10. The molecule has 5 nitrogen and oxygen atoms in total. The van der Waals surface area contributed by atoms with Crippen molar-refractivity contribution in [2.45, 2.75) is 57.9 Å². The summed E-state index contributed by atoms with van der Waals surface area (Å²) >= 11 is 0. The first-order valence-electron chi connectivity index (χ1n) is 7.64. The summed E-state index contributed by atoms with van der Waals surface area (Å²) in [5.74, 6) is -0.646. The van der Waals surface area contributed by atoms with Crippen LogP contribution in [-0.2, 0) is 9.59 Å². The minimum atomic E-state index is -0.874. The van der Waals surface area contributed by atoms with Crippen LogP contribution in [0.15, 0.2) is 0 Å². The van der Waals surface area contributed by atoms with Gasteiger partial charge in [-0.2, -0.15) is 0 Å². The third-order valence-corrected chi connectivity index (χ3v) is 5.14. The molecule has 1 aliphatic heterocycles. The summed E-state index contributed by atoms with van der Waals surface area (Å²) in [5, 5.41) is 19.0. The SMILES string of the molecule is CC1CCN(C(=O)CC2(C(=O)O)CCCCC2)C1CO. The molecule has 2 rings (SSSR count). The van der Waals surface area contributed by atoms with Crippen LogP contribution in [0, 0.1) is 11.3 Å². The van der Waals surface area contributed by atoms with Gasteiger partial charge < -0.3 is 15.1 Å². The lowest BCUT2D eigenvalue weighted by Crippen LogP contribution is -2.44. The van der Waals surface area contributed by atoms with Crippen molar-refractivity contribution < 1.29 is 19.8 Å². The first kappa shape index (κ1) is 15.3. The Labute approximate surface area is 120 Å². The quantitative estimate of drug-likeness (QED) is 0.822. The summed E-state index contributed by atoms with van der Waals surface area (Å²) in [6.45, 7) is 2.63. The number of carboxylic acids is 1. The van der Waals surface area contributed by atoms with Crippen molar-refractivity contribution in [1.82, 2.24) is 4.90 Å². The third-order valence-electron chi connectivity index (χ3n) is 5.14. The Morgan fingerprint density at radius 1 is 1.25 bits per heavy atom. The zero-order valence-electron chi connectivity index (χ0n) is 12.2. The van der Waals surface area contributed by atoms with E-state index in [2.05, 4.69) is 0 Å². The first-order valence-corrected chi connectivity index (χ1v) is 7.64. The molecule has 5 heteroatoms. The van der Waals surface area contributed by atoms with Gasteiger partial charge in [-0.15, -0.1) is 0 Å². The van der Waals surface area contributed by atoms with E-state index in [1.165, 1.54) is 0 Å². The van der Waals surface area contributed by atoms with Crippen molar-refractivity contribution >= 4 is 11.9 Å². The Morgan fingerprint density at radius 2 is 1.90 bits per heavy atom. The maximum absolute atomic E-state index is 12.5. The van der Waals surface area contributed by atoms with Gasteiger partial charge in [0.2, 0.25) is 5.91 Å². The zero-order valence-corrected chi connectivity index (χ0v) is 12.2. The van der Waals surface area contributed by atoms with E-state index in [-0.39, 0.29) is 30.9 Å². The molecule has 2 atom stereocenters. The molecule has 0 aromatic carbocycles. The highest BCUT2D eigenvalue weighted by molar-refractivity contribution is 5.85. The van der Waals surface area contributed by atoms with Gasteiger partial charge in [-0.05, 0) is 25.2 Å². The molecule has 0 radical (unpaired) electrons. The lowest BCUT2D eigenvalue weighted by atomic mass is 9.71. The van der Waals surface area contributed by atoms with Crippen LogP contribution in [0.25, 0.3) is 0 Å². The van der Waals surface area contributed by atoms with Crippen LogP contribution in [0.3, 0.4) is 0 Å². The zero-order chi connectivity index (χ0) is 14.8. The smallest absolute Gasteiger partial charge is 0.310 e. The molecule has 2 unspecified atom stereocenters. The van der Waals surface area contributed by atoms with Crippen LogP contribution in [-0.4, -0.2) is 46.2 Å². The number of carbonyl (C=O) groups is 2. The van der Waals surface area contributed by atoms with Crippen molar-refractivity contribution in [2.75, 3.05) is 13.2 Å². The van der Waals surface area contributed by atoms with Crippen LogP contribution in [0.2, 0.25) is 0 Å². The fourth-order valence-corrected chi connectivity index (χ4v) is 3.68. The van der Waals surface area contributed by atoms with E-state index in [4.69, 9.17) is 0 Å². The molecule has 20 heavy (non-hydrogen) atoms. The number of hydrogen-bond acceptors (Lipinski definition) is 3. The Bertz CT molecular complexity index is 376. The summed E-state index contributed by atoms with van der Waals surface area (Å²) in [5.41, 5.74) is -0.874. The molecular formula is C15H25NO4. The summed E-state index contributed by atoms with van der Waals surface area (Å²) in [6, 6.07) is -0.142. The maximum Gasteiger partial charge on any atom is 0.310 e. The van der Waals surface area contributed by atoms with Crippen LogP contribution in [0.5, 0.6) is 0 Å². The molecule has 0 bridgehead atoms. The fraction of sp³-hybridized carbons (Fsp3) is 0.867. The minimum Gasteiger partial charge on any atom is -0.481 e. The molecule has 0 spiro atoms. The number of carboxylic acid groups (broad SMARTS) is 1. The topological polar surface area (TPSA) is 77.8 Å². The molecule has 1 amide bonds. The second kappa shape index (κ2) is 6.12. The van der Waals surface area contributed by atoms with Gasteiger partial charge in [-0.1, -0.05) is 26.2 Å². The van der Waals surface area contributed by atoms with E-state index in [1.54, 1.807) is 4.90 Å². The third kappa shape index (κ3) is 2.82. The molecule has 2 fully saturated rings. The number of amides is 1. The molecular weight excluding hydrogens is 258 g/mol. The van der Waals surface area contributed by atoms with Crippen LogP contribution < -0.4 is 0 Å². The predicted octanol–water partition coefficient (Wildman–Crippen LogP) is 1.64. The van der Waals surface area contributed by atoms with Crippen molar-refractivity contribution in [3.63, 3.8) is 0 Å². The van der Waals surface area contributed by atoms with Crippen LogP contribution >= 0.6 is 0 Å².